The van der Waals surface area contributed by atoms with Crippen LogP contribution in [0.3, 0.4) is 0 Å². The number of esters is 1. The van der Waals surface area contributed by atoms with Crippen molar-refractivity contribution in [3.63, 3.8) is 0 Å². The summed E-state index contributed by atoms with van der Waals surface area (Å²) in [4.78, 5) is 16.1. The first kappa shape index (κ1) is 16.8. The van der Waals surface area contributed by atoms with Crippen LogP contribution in [0.5, 0.6) is 11.5 Å². The third-order valence-electron chi connectivity index (χ3n) is 3.48. The normalized spacial score (nSPS) is 14.1. The second-order valence-corrected chi connectivity index (χ2v) is 7.00. The number of nitrogens with zero attached hydrogens (tertiary/aromatic N) is 2. The van der Waals surface area contributed by atoms with Crippen molar-refractivity contribution in [2.45, 2.75) is 19.6 Å². The van der Waals surface area contributed by atoms with Gasteiger partial charge in [0.15, 0.2) is 6.10 Å². The minimum atomic E-state index is -0.673. The molecule has 2 aromatic rings. The number of fused-ring (bicyclic) bond motifs is 3. The molecule has 1 atom stereocenters. The van der Waals surface area contributed by atoms with Gasteiger partial charge in [-0.25, -0.2) is 9.78 Å². The molecule has 122 valence electrons. The fourth-order valence-electron chi connectivity index (χ4n) is 2.36. The van der Waals surface area contributed by atoms with E-state index in [0.29, 0.717) is 18.1 Å². The van der Waals surface area contributed by atoms with E-state index in [1.807, 2.05) is 12.1 Å². The van der Waals surface area contributed by atoms with Crippen LogP contribution in [0, 0.1) is 7.40 Å². The molecule has 0 radical (unpaired) electrons. The molecule has 0 aliphatic carbocycles. The van der Waals surface area contributed by atoms with Crippen molar-refractivity contribution in [3.05, 3.63) is 25.6 Å². The zero-order valence-electron chi connectivity index (χ0n) is 12.5. The largest absolute Gasteiger partial charge is 0.491 e. The summed E-state index contributed by atoms with van der Waals surface area (Å²) in [7, 11) is 1.34. The quantitative estimate of drug-likeness (QED) is 0.443. The number of ether oxygens (including phenoxy) is 3. The van der Waals surface area contributed by atoms with Crippen molar-refractivity contribution in [1.82, 2.24) is 9.55 Å². The standard InChI is InChI=1S/C15H14I2N2O4/c1-8(15(20)21-2)23-9-3-4-10-11(7-9)22-6-5-19-13(17)12(16)18-14(10)19/h3-4,7-8H,5-6H2,1-2H3/t8-/m0/s1. The van der Waals surface area contributed by atoms with E-state index in [2.05, 4.69) is 59.5 Å². The molecule has 1 aromatic carbocycles. The predicted octanol–water partition coefficient (Wildman–Crippen LogP) is 3.09. The molecule has 0 spiro atoms. The Hall–Kier alpha value is -1.04. The van der Waals surface area contributed by atoms with E-state index in [-0.39, 0.29) is 0 Å². The number of halogens is 2. The summed E-state index contributed by atoms with van der Waals surface area (Å²) in [6.07, 6.45) is -0.673. The lowest BCUT2D eigenvalue weighted by atomic mass is 10.2. The number of rotatable bonds is 3. The Morgan fingerprint density at radius 2 is 2.22 bits per heavy atom. The van der Waals surface area contributed by atoms with Gasteiger partial charge in [-0.05, 0) is 64.2 Å². The minimum absolute atomic E-state index is 0.416. The van der Waals surface area contributed by atoms with Crippen molar-refractivity contribution in [3.8, 4) is 22.9 Å². The number of benzene rings is 1. The Labute approximate surface area is 160 Å². The Kier molecular flexibility index (Phi) is 4.99. The lowest BCUT2D eigenvalue weighted by Gasteiger charge is -2.14. The summed E-state index contributed by atoms with van der Waals surface area (Å²) in [5.41, 5.74) is 0.918. The summed E-state index contributed by atoms with van der Waals surface area (Å²) in [6.45, 7) is 2.95. The molecule has 1 aliphatic heterocycles. The number of hydrogen-bond donors (Lipinski definition) is 0. The lowest BCUT2D eigenvalue weighted by Crippen LogP contribution is -2.24. The molecule has 23 heavy (non-hydrogen) atoms. The molecule has 6 nitrogen and oxygen atoms in total. The van der Waals surface area contributed by atoms with Crippen LogP contribution >= 0.6 is 45.2 Å². The molecule has 0 unspecified atom stereocenters. The topological polar surface area (TPSA) is 62.6 Å². The smallest absolute Gasteiger partial charge is 0.346 e. The molecule has 0 saturated heterocycles. The predicted molar refractivity (Wildman–Crippen MR) is 101 cm³/mol. The molecule has 0 saturated carbocycles. The number of carbonyl (C=O) groups is 1. The second kappa shape index (κ2) is 6.83. The van der Waals surface area contributed by atoms with E-state index in [9.17, 15) is 4.79 Å². The van der Waals surface area contributed by atoms with E-state index in [1.165, 1.54) is 7.11 Å². The third kappa shape index (κ3) is 3.28. The number of imidazole rings is 1. The highest BCUT2D eigenvalue weighted by atomic mass is 127. The van der Waals surface area contributed by atoms with E-state index in [1.54, 1.807) is 13.0 Å². The highest BCUT2D eigenvalue weighted by Gasteiger charge is 2.22. The number of aromatic nitrogens is 2. The summed E-state index contributed by atoms with van der Waals surface area (Å²) >= 11 is 4.53. The van der Waals surface area contributed by atoms with Crippen molar-refractivity contribution in [1.29, 1.82) is 0 Å². The van der Waals surface area contributed by atoms with Crippen LogP contribution < -0.4 is 9.47 Å². The number of methoxy groups -OCH3 is 1. The van der Waals surface area contributed by atoms with Crippen LogP contribution in [-0.2, 0) is 16.1 Å². The highest BCUT2D eigenvalue weighted by molar-refractivity contribution is 14.1. The van der Waals surface area contributed by atoms with E-state index in [0.717, 1.165) is 25.3 Å². The zero-order valence-corrected chi connectivity index (χ0v) is 16.8. The average molecular weight is 540 g/mol. The van der Waals surface area contributed by atoms with E-state index < -0.39 is 12.1 Å². The summed E-state index contributed by atoms with van der Waals surface area (Å²) in [5, 5.41) is 0. The highest BCUT2D eigenvalue weighted by Crippen LogP contribution is 2.36. The van der Waals surface area contributed by atoms with Crippen LogP contribution in [0.1, 0.15) is 6.92 Å². The van der Waals surface area contributed by atoms with Gasteiger partial charge in [0.25, 0.3) is 0 Å². The maximum Gasteiger partial charge on any atom is 0.346 e. The fourth-order valence-corrected chi connectivity index (χ4v) is 3.47. The minimum Gasteiger partial charge on any atom is -0.491 e. The van der Waals surface area contributed by atoms with Gasteiger partial charge in [0.2, 0.25) is 0 Å². The summed E-state index contributed by atoms with van der Waals surface area (Å²) in [6, 6.07) is 5.51. The SMILES string of the molecule is COC(=O)[C@H](C)Oc1ccc2c(c1)OCCn1c-2nc(I)c1I. The van der Waals surface area contributed by atoms with Gasteiger partial charge in [-0.2, -0.15) is 0 Å². The molecule has 0 fully saturated rings. The number of hydrogen-bond acceptors (Lipinski definition) is 5. The molecule has 0 bridgehead atoms. The van der Waals surface area contributed by atoms with Crippen molar-refractivity contribution >= 4 is 51.2 Å². The molecule has 2 heterocycles. The van der Waals surface area contributed by atoms with Gasteiger partial charge in [-0.1, -0.05) is 0 Å². The third-order valence-corrected chi connectivity index (χ3v) is 6.36. The van der Waals surface area contributed by atoms with Gasteiger partial charge in [-0.15, -0.1) is 0 Å². The average Bonchev–Trinajstić information content (AvgIpc) is 2.72. The van der Waals surface area contributed by atoms with Crippen LogP contribution in [0.4, 0.5) is 0 Å². The van der Waals surface area contributed by atoms with Crippen molar-refractivity contribution < 1.29 is 19.0 Å². The lowest BCUT2D eigenvalue weighted by molar-refractivity contribution is -0.147. The van der Waals surface area contributed by atoms with Gasteiger partial charge in [0, 0.05) is 6.07 Å². The molecule has 3 rings (SSSR count). The van der Waals surface area contributed by atoms with Gasteiger partial charge in [0.1, 0.15) is 31.3 Å². The Balaban J connectivity index is 1.95. The Morgan fingerprint density at radius 3 is 2.96 bits per heavy atom. The first-order valence-electron chi connectivity index (χ1n) is 6.94. The van der Waals surface area contributed by atoms with Crippen LogP contribution in [0.15, 0.2) is 18.2 Å². The molecule has 0 N–H and O–H groups in total. The maximum absolute atomic E-state index is 11.5. The van der Waals surface area contributed by atoms with Crippen LogP contribution in [-0.4, -0.2) is 35.3 Å². The Morgan fingerprint density at radius 1 is 1.43 bits per heavy atom. The Bertz CT molecular complexity index is 760. The van der Waals surface area contributed by atoms with Gasteiger partial charge >= 0.3 is 5.97 Å². The van der Waals surface area contributed by atoms with Gasteiger partial charge in [0.05, 0.1) is 19.2 Å². The molecular formula is C15H14I2N2O4. The molecule has 0 amide bonds. The maximum atomic E-state index is 11.5. The fraction of sp³-hybridized carbons (Fsp3) is 0.333. The molecule has 8 heteroatoms. The molecule has 1 aliphatic rings. The second-order valence-electron chi connectivity index (χ2n) is 4.96. The molecular weight excluding hydrogens is 526 g/mol. The van der Waals surface area contributed by atoms with E-state index >= 15 is 0 Å². The van der Waals surface area contributed by atoms with E-state index in [4.69, 9.17) is 9.47 Å². The number of carbonyl (C=O) groups excluding carboxylic acids is 1. The first-order valence-corrected chi connectivity index (χ1v) is 9.10. The zero-order chi connectivity index (χ0) is 16.6. The van der Waals surface area contributed by atoms with Gasteiger partial charge in [-0.3, -0.25) is 0 Å². The van der Waals surface area contributed by atoms with Crippen molar-refractivity contribution in [2.24, 2.45) is 0 Å². The first-order chi connectivity index (χ1) is 11.0. The molecule has 1 aromatic heterocycles. The van der Waals surface area contributed by atoms with Crippen molar-refractivity contribution in [2.75, 3.05) is 13.7 Å². The van der Waals surface area contributed by atoms with Crippen LogP contribution in [0.2, 0.25) is 0 Å². The monoisotopic (exact) mass is 540 g/mol. The van der Waals surface area contributed by atoms with Crippen LogP contribution in [0.25, 0.3) is 11.4 Å². The summed E-state index contributed by atoms with van der Waals surface area (Å²) < 4.78 is 20.3. The summed E-state index contributed by atoms with van der Waals surface area (Å²) in [5.74, 6) is 1.74. The van der Waals surface area contributed by atoms with Gasteiger partial charge < -0.3 is 18.8 Å².